The topological polar surface area (TPSA) is 36.7 Å². The summed E-state index contributed by atoms with van der Waals surface area (Å²) in [5, 5.41) is 11.3. The van der Waals surface area contributed by atoms with Crippen molar-refractivity contribution in [3.63, 3.8) is 0 Å². The first-order chi connectivity index (χ1) is 6.22. The predicted molar refractivity (Wildman–Crippen MR) is 54.1 cm³/mol. The first kappa shape index (κ1) is 8.49. The van der Waals surface area contributed by atoms with Gasteiger partial charge in [-0.1, -0.05) is 11.6 Å². The Balaban J connectivity index is 2.90. The number of halogens is 1. The molecule has 2 heterocycles. The average molecular weight is 209 g/mol. The Morgan fingerprint density at radius 3 is 3.08 bits per heavy atom. The molecule has 2 aromatic rings. The summed E-state index contributed by atoms with van der Waals surface area (Å²) in [6.07, 6.45) is 0. The smallest absolute Gasteiger partial charge is 0.142 e. The lowest BCUT2D eigenvalue weighted by atomic mass is 10.3. The Bertz CT molecular complexity index is 510. The Morgan fingerprint density at radius 2 is 2.38 bits per heavy atom. The van der Waals surface area contributed by atoms with Crippen molar-refractivity contribution in [2.45, 2.75) is 6.92 Å². The summed E-state index contributed by atoms with van der Waals surface area (Å²) in [7, 11) is 0. The zero-order valence-corrected chi connectivity index (χ0v) is 8.41. The van der Waals surface area contributed by atoms with Gasteiger partial charge in [-0.15, -0.1) is 11.3 Å². The van der Waals surface area contributed by atoms with Gasteiger partial charge in [0.05, 0.1) is 15.2 Å². The number of fused-ring (bicyclic) bond motifs is 1. The van der Waals surface area contributed by atoms with Crippen LogP contribution in [0.2, 0.25) is 5.02 Å². The monoisotopic (exact) mass is 208 g/mol. The summed E-state index contributed by atoms with van der Waals surface area (Å²) < 4.78 is 0.957. The van der Waals surface area contributed by atoms with Gasteiger partial charge in [0.15, 0.2) is 0 Å². The van der Waals surface area contributed by atoms with Gasteiger partial charge < -0.3 is 0 Å². The number of hydrogen-bond acceptors (Lipinski definition) is 3. The van der Waals surface area contributed by atoms with Gasteiger partial charge in [-0.05, 0) is 23.9 Å². The van der Waals surface area contributed by atoms with Gasteiger partial charge in [0.25, 0.3) is 0 Å². The predicted octanol–water partition coefficient (Wildman–Crippen LogP) is 3.13. The van der Waals surface area contributed by atoms with Gasteiger partial charge in [-0.3, -0.25) is 0 Å². The summed E-state index contributed by atoms with van der Waals surface area (Å²) in [5.74, 6) is 0. The molecule has 0 radical (unpaired) electrons. The molecule has 13 heavy (non-hydrogen) atoms. The van der Waals surface area contributed by atoms with E-state index in [0.29, 0.717) is 10.7 Å². The maximum Gasteiger partial charge on any atom is 0.142 e. The average Bonchev–Trinajstić information content (AvgIpc) is 2.48. The van der Waals surface area contributed by atoms with E-state index in [-0.39, 0.29) is 0 Å². The van der Waals surface area contributed by atoms with Crippen LogP contribution in [0, 0.1) is 18.3 Å². The minimum atomic E-state index is 0.374. The minimum absolute atomic E-state index is 0.374. The highest BCUT2D eigenvalue weighted by molar-refractivity contribution is 7.18. The quantitative estimate of drug-likeness (QED) is 0.667. The van der Waals surface area contributed by atoms with E-state index in [9.17, 15) is 0 Å². The van der Waals surface area contributed by atoms with E-state index in [2.05, 4.69) is 4.98 Å². The van der Waals surface area contributed by atoms with E-state index in [0.717, 1.165) is 15.8 Å². The number of nitrogens with zero attached hydrogens (tertiary/aromatic N) is 2. The second kappa shape index (κ2) is 2.99. The van der Waals surface area contributed by atoms with Crippen molar-refractivity contribution in [1.29, 1.82) is 5.26 Å². The Morgan fingerprint density at radius 1 is 1.62 bits per heavy atom. The van der Waals surface area contributed by atoms with Crippen LogP contribution in [0.15, 0.2) is 11.4 Å². The van der Waals surface area contributed by atoms with E-state index in [1.54, 1.807) is 17.4 Å². The third-order valence-electron chi connectivity index (χ3n) is 1.77. The Labute approximate surface area is 84.4 Å². The Hall–Kier alpha value is -1.11. The fourth-order valence-corrected chi connectivity index (χ4v) is 2.36. The lowest BCUT2D eigenvalue weighted by Crippen LogP contribution is -1.83. The maximum atomic E-state index is 8.68. The molecule has 4 heteroatoms. The first-order valence-corrected chi connectivity index (χ1v) is 4.92. The van der Waals surface area contributed by atoms with Crippen molar-refractivity contribution in [3.8, 4) is 6.07 Å². The van der Waals surface area contributed by atoms with Crippen LogP contribution in [0.5, 0.6) is 0 Å². The van der Waals surface area contributed by atoms with Crippen LogP contribution in [-0.4, -0.2) is 4.98 Å². The van der Waals surface area contributed by atoms with Crippen molar-refractivity contribution in [2.24, 2.45) is 0 Å². The molecular weight excluding hydrogens is 204 g/mol. The molecule has 0 saturated heterocycles. The van der Waals surface area contributed by atoms with Crippen LogP contribution in [0.1, 0.15) is 11.3 Å². The van der Waals surface area contributed by atoms with Gasteiger partial charge in [0.2, 0.25) is 0 Å². The van der Waals surface area contributed by atoms with Gasteiger partial charge in [0.1, 0.15) is 11.8 Å². The van der Waals surface area contributed by atoms with Crippen LogP contribution in [0.25, 0.3) is 10.2 Å². The van der Waals surface area contributed by atoms with Crippen LogP contribution in [0.3, 0.4) is 0 Å². The van der Waals surface area contributed by atoms with Crippen LogP contribution in [-0.2, 0) is 0 Å². The number of aromatic nitrogens is 1. The zero-order valence-electron chi connectivity index (χ0n) is 6.84. The standard InChI is InChI=1S/C9H5ClN2S/c1-5-4-13-9-7(10)2-6(3-11)12-8(5)9/h2,4H,1H3. The normalized spacial score (nSPS) is 10.2. The first-order valence-electron chi connectivity index (χ1n) is 3.67. The second-order valence-corrected chi connectivity index (χ2v) is 3.98. The van der Waals surface area contributed by atoms with E-state index >= 15 is 0 Å². The van der Waals surface area contributed by atoms with Gasteiger partial charge in [0, 0.05) is 0 Å². The highest BCUT2D eigenvalue weighted by atomic mass is 35.5. The number of nitriles is 1. The number of hydrogen-bond donors (Lipinski definition) is 0. The summed E-state index contributed by atoms with van der Waals surface area (Å²) >= 11 is 7.53. The van der Waals surface area contributed by atoms with Crippen LogP contribution >= 0.6 is 22.9 Å². The van der Waals surface area contributed by atoms with Crippen molar-refractivity contribution in [3.05, 3.63) is 27.7 Å². The number of aryl methyl sites for hydroxylation is 1. The molecule has 0 aliphatic heterocycles. The Kier molecular flexibility index (Phi) is 1.95. The molecule has 0 fully saturated rings. The fourth-order valence-electron chi connectivity index (χ4n) is 1.14. The lowest BCUT2D eigenvalue weighted by Gasteiger charge is -1.94. The molecule has 0 amide bonds. The molecule has 0 aliphatic carbocycles. The highest BCUT2D eigenvalue weighted by Gasteiger charge is 2.07. The van der Waals surface area contributed by atoms with Gasteiger partial charge in [-0.25, -0.2) is 4.98 Å². The molecule has 2 nitrogen and oxygen atoms in total. The molecule has 0 unspecified atom stereocenters. The van der Waals surface area contributed by atoms with Crippen molar-refractivity contribution in [2.75, 3.05) is 0 Å². The zero-order chi connectivity index (χ0) is 9.42. The SMILES string of the molecule is Cc1csc2c(Cl)cc(C#N)nc12. The van der Waals surface area contributed by atoms with Crippen molar-refractivity contribution >= 4 is 33.2 Å². The molecule has 0 aliphatic rings. The minimum Gasteiger partial charge on any atom is -0.236 e. The number of pyridine rings is 1. The molecule has 0 saturated carbocycles. The van der Waals surface area contributed by atoms with Crippen molar-refractivity contribution < 1.29 is 0 Å². The summed E-state index contributed by atoms with van der Waals surface area (Å²) in [4.78, 5) is 4.18. The van der Waals surface area contributed by atoms with Gasteiger partial charge >= 0.3 is 0 Å². The molecule has 0 aromatic carbocycles. The molecule has 64 valence electrons. The largest absolute Gasteiger partial charge is 0.236 e. The molecule has 0 N–H and O–H groups in total. The fraction of sp³-hybridized carbons (Fsp3) is 0.111. The molecular formula is C9H5ClN2S. The molecule has 2 rings (SSSR count). The summed E-state index contributed by atoms with van der Waals surface area (Å²) in [6, 6.07) is 3.58. The summed E-state index contributed by atoms with van der Waals surface area (Å²) in [6.45, 7) is 1.96. The van der Waals surface area contributed by atoms with Crippen LogP contribution in [0.4, 0.5) is 0 Å². The van der Waals surface area contributed by atoms with Crippen LogP contribution < -0.4 is 0 Å². The highest BCUT2D eigenvalue weighted by Crippen LogP contribution is 2.30. The molecule has 0 bridgehead atoms. The summed E-state index contributed by atoms with van der Waals surface area (Å²) in [5.41, 5.74) is 2.28. The number of rotatable bonds is 0. The molecule has 2 aromatic heterocycles. The molecule has 0 atom stereocenters. The van der Waals surface area contributed by atoms with E-state index in [1.807, 2.05) is 18.4 Å². The van der Waals surface area contributed by atoms with E-state index in [4.69, 9.17) is 16.9 Å². The van der Waals surface area contributed by atoms with E-state index < -0.39 is 0 Å². The van der Waals surface area contributed by atoms with E-state index in [1.165, 1.54) is 0 Å². The third kappa shape index (κ3) is 1.28. The molecule has 0 spiro atoms. The third-order valence-corrected chi connectivity index (χ3v) is 3.30. The lowest BCUT2D eigenvalue weighted by molar-refractivity contribution is 1.32. The van der Waals surface area contributed by atoms with Crippen molar-refractivity contribution in [1.82, 2.24) is 4.98 Å². The van der Waals surface area contributed by atoms with Gasteiger partial charge in [-0.2, -0.15) is 5.26 Å². The second-order valence-electron chi connectivity index (χ2n) is 2.70. The number of thiophene rings is 1. The maximum absolute atomic E-state index is 8.68.